The Hall–Kier alpha value is -3.27. The summed E-state index contributed by atoms with van der Waals surface area (Å²) in [6.07, 6.45) is 3.15. The zero-order chi connectivity index (χ0) is 21.7. The maximum Gasteiger partial charge on any atom is 0.126 e. The molecule has 1 aliphatic rings. The van der Waals surface area contributed by atoms with Gasteiger partial charge in [0, 0.05) is 17.1 Å². The first kappa shape index (κ1) is 21.4. The van der Waals surface area contributed by atoms with E-state index in [1.165, 1.54) is 11.1 Å². The molecule has 0 saturated carbocycles. The van der Waals surface area contributed by atoms with Crippen LogP contribution in [0, 0.1) is 5.41 Å². The molecular weight excluding hydrogens is 368 g/mol. The number of anilines is 2. The number of nitrogens with one attached hydrogen (secondary N) is 3. The third kappa shape index (κ3) is 5.63. The number of hydrogen-bond acceptors (Lipinski definition) is 4. The molecule has 0 bridgehead atoms. The molecule has 0 fully saturated rings. The molecule has 2 aromatic carbocycles. The predicted octanol–water partition coefficient (Wildman–Crippen LogP) is 6.19. The second-order valence-electron chi connectivity index (χ2n) is 8.58. The van der Waals surface area contributed by atoms with Crippen LogP contribution in [-0.4, -0.2) is 12.4 Å². The number of aliphatic imine (C=N–C) groups is 1. The van der Waals surface area contributed by atoms with Gasteiger partial charge >= 0.3 is 0 Å². The Morgan fingerprint density at radius 1 is 0.900 bits per heavy atom. The minimum atomic E-state index is 0.132. The number of hydrogen-bond donors (Lipinski definition) is 3. The van der Waals surface area contributed by atoms with Crippen molar-refractivity contribution < 1.29 is 0 Å². The summed E-state index contributed by atoms with van der Waals surface area (Å²) in [5.41, 5.74) is 6.68. The number of benzene rings is 2. The minimum absolute atomic E-state index is 0.132. The Morgan fingerprint density at radius 3 is 2.03 bits per heavy atom. The number of nitrogens with zero attached hydrogens (tertiary/aromatic N) is 1. The fourth-order valence-electron chi connectivity index (χ4n) is 3.14. The van der Waals surface area contributed by atoms with E-state index in [1.54, 1.807) is 0 Å². The normalized spacial score (nSPS) is 13.3. The van der Waals surface area contributed by atoms with Crippen LogP contribution in [-0.2, 0) is 6.42 Å². The Morgan fingerprint density at radius 2 is 1.50 bits per heavy atom. The second-order valence-corrected chi connectivity index (χ2v) is 8.58. The van der Waals surface area contributed by atoms with Gasteiger partial charge in [0.2, 0.25) is 0 Å². The molecule has 0 aromatic heterocycles. The van der Waals surface area contributed by atoms with E-state index in [1.807, 2.05) is 24.3 Å². The van der Waals surface area contributed by atoms with Crippen LogP contribution in [0.4, 0.5) is 11.4 Å². The molecule has 156 valence electrons. The first-order chi connectivity index (χ1) is 14.2. The summed E-state index contributed by atoms with van der Waals surface area (Å²) in [6, 6.07) is 16.5. The lowest BCUT2D eigenvalue weighted by Crippen LogP contribution is -2.24. The molecule has 0 aliphatic carbocycles. The molecule has 0 saturated heterocycles. The lowest BCUT2D eigenvalue weighted by atomic mass is 9.87. The Labute approximate surface area is 180 Å². The van der Waals surface area contributed by atoms with Gasteiger partial charge in [0.25, 0.3) is 0 Å². The number of aryl methyl sites for hydroxylation is 1. The van der Waals surface area contributed by atoms with Crippen molar-refractivity contribution in [1.29, 1.82) is 0 Å². The van der Waals surface area contributed by atoms with Crippen molar-refractivity contribution >= 4 is 22.9 Å². The van der Waals surface area contributed by atoms with Gasteiger partial charge in [-0.3, -0.25) is 4.99 Å². The van der Waals surface area contributed by atoms with Crippen molar-refractivity contribution in [3.8, 4) is 0 Å². The average Bonchev–Trinajstić information content (AvgIpc) is 3.18. The van der Waals surface area contributed by atoms with Gasteiger partial charge in [-0.15, -0.1) is 0 Å². The maximum atomic E-state index is 4.54. The Balaban J connectivity index is 1.53. The molecule has 0 amide bonds. The first-order valence-electron chi connectivity index (χ1n) is 10.4. The van der Waals surface area contributed by atoms with Crippen molar-refractivity contribution in [3.05, 3.63) is 90.3 Å². The highest BCUT2D eigenvalue weighted by Gasteiger charge is 2.20. The summed E-state index contributed by atoms with van der Waals surface area (Å²) in [6.45, 7) is 17.7. The monoisotopic (exact) mass is 400 g/mol. The van der Waals surface area contributed by atoms with Gasteiger partial charge in [0.05, 0.1) is 6.54 Å². The van der Waals surface area contributed by atoms with E-state index in [0.717, 1.165) is 41.4 Å². The standard InChI is InChI=1S/C26H32N4/c1-7-20-8-10-21(11-9-20)18(2)28-23-12-14-24(15-13-23)29-19(3)30-25-16-22(17-27-25)26(4,5)6/h8-16,28-29H,2-3,7,17H2,1,4-6H3,(H,27,30). The van der Waals surface area contributed by atoms with E-state index >= 15 is 0 Å². The van der Waals surface area contributed by atoms with Gasteiger partial charge in [-0.2, -0.15) is 0 Å². The largest absolute Gasteiger partial charge is 0.356 e. The van der Waals surface area contributed by atoms with E-state index in [-0.39, 0.29) is 5.41 Å². The first-order valence-corrected chi connectivity index (χ1v) is 10.4. The van der Waals surface area contributed by atoms with Gasteiger partial charge in [0.15, 0.2) is 0 Å². The molecular formula is C26H32N4. The molecule has 3 rings (SSSR count). The fraction of sp³-hybridized carbons (Fsp3) is 0.269. The Kier molecular flexibility index (Phi) is 6.46. The van der Waals surface area contributed by atoms with Crippen LogP contribution in [0.1, 0.15) is 38.8 Å². The van der Waals surface area contributed by atoms with Gasteiger partial charge in [-0.05, 0) is 58.9 Å². The molecule has 3 N–H and O–H groups in total. The molecule has 4 heteroatoms. The van der Waals surface area contributed by atoms with E-state index < -0.39 is 0 Å². The molecule has 0 spiro atoms. The summed E-state index contributed by atoms with van der Waals surface area (Å²) in [4.78, 5) is 4.54. The maximum absolute atomic E-state index is 4.54. The van der Waals surface area contributed by atoms with Crippen LogP contribution in [0.5, 0.6) is 0 Å². The third-order valence-electron chi connectivity index (χ3n) is 5.16. The molecule has 2 aromatic rings. The number of amidine groups is 1. The molecule has 30 heavy (non-hydrogen) atoms. The zero-order valence-corrected chi connectivity index (χ0v) is 18.5. The zero-order valence-electron chi connectivity index (χ0n) is 18.5. The van der Waals surface area contributed by atoms with Crippen molar-refractivity contribution in [1.82, 2.24) is 5.32 Å². The smallest absolute Gasteiger partial charge is 0.126 e. The van der Waals surface area contributed by atoms with Gasteiger partial charge in [-0.25, -0.2) is 0 Å². The van der Waals surface area contributed by atoms with E-state index in [2.05, 4.69) is 92.1 Å². The summed E-state index contributed by atoms with van der Waals surface area (Å²) < 4.78 is 0. The third-order valence-corrected chi connectivity index (χ3v) is 5.16. The van der Waals surface area contributed by atoms with E-state index in [0.29, 0.717) is 5.82 Å². The fourth-order valence-corrected chi connectivity index (χ4v) is 3.14. The van der Waals surface area contributed by atoms with Crippen LogP contribution >= 0.6 is 0 Å². The van der Waals surface area contributed by atoms with Gasteiger partial charge in [-0.1, -0.05) is 65.1 Å². The predicted molar refractivity (Wildman–Crippen MR) is 131 cm³/mol. The molecule has 0 atom stereocenters. The van der Waals surface area contributed by atoms with Crippen LogP contribution < -0.4 is 16.0 Å². The molecule has 0 radical (unpaired) electrons. The highest BCUT2D eigenvalue weighted by molar-refractivity contribution is 5.97. The number of rotatable bonds is 7. The van der Waals surface area contributed by atoms with Crippen molar-refractivity contribution in [2.45, 2.75) is 34.1 Å². The van der Waals surface area contributed by atoms with Gasteiger partial charge < -0.3 is 16.0 Å². The molecule has 0 unspecified atom stereocenters. The van der Waals surface area contributed by atoms with Crippen molar-refractivity contribution in [2.24, 2.45) is 10.4 Å². The molecule has 1 aliphatic heterocycles. The highest BCUT2D eigenvalue weighted by Crippen LogP contribution is 2.27. The van der Waals surface area contributed by atoms with Crippen LogP contribution in [0.25, 0.3) is 5.70 Å². The molecule has 4 nitrogen and oxygen atoms in total. The SMILES string of the molecule is C=C(NC1=NCC(C(C)(C)C)=C1)Nc1ccc(NC(=C)c2ccc(CC)cc2)cc1. The topological polar surface area (TPSA) is 48.5 Å². The summed E-state index contributed by atoms with van der Waals surface area (Å²) >= 11 is 0. The molecule has 1 heterocycles. The highest BCUT2D eigenvalue weighted by atomic mass is 15.1. The van der Waals surface area contributed by atoms with Gasteiger partial charge in [0.1, 0.15) is 11.7 Å². The summed E-state index contributed by atoms with van der Waals surface area (Å²) in [7, 11) is 0. The van der Waals surface area contributed by atoms with Crippen LogP contribution in [0.15, 0.2) is 84.2 Å². The lowest BCUT2D eigenvalue weighted by Gasteiger charge is -2.18. The Bertz CT molecular complexity index is 971. The van der Waals surface area contributed by atoms with E-state index in [4.69, 9.17) is 0 Å². The summed E-state index contributed by atoms with van der Waals surface area (Å²) in [5.74, 6) is 1.54. The summed E-state index contributed by atoms with van der Waals surface area (Å²) in [5, 5.41) is 9.89. The second kappa shape index (κ2) is 9.04. The van der Waals surface area contributed by atoms with Crippen LogP contribution in [0.3, 0.4) is 0 Å². The van der Waals surface area contributed by atoms with Crippen molar-refractivity contribution in [2.75, 3.05) is 17.2 Å². The minimum Gasteiger partial charge on any atom is -0.356 e. The van der Waals surface area contributed by atoms with E-state index in [9.17, 15) is 0 Å². The van der Waals surface area contributed by atoms with Crippen LogP contribution in [0.2, 0.25) is 0 Å². The average molecular weight is 401 g/mol. The lowest BCUT2D eigenvalue weighted by molar-refractivity contribution is 0.499. The van der Waals surface area contributed by atoms with Crippen molar-refractivity contribution in [3.63, 3.8) is 0 Å². The quantitative estimate of drug-likeness (QED) is 0.519.